The largest absolute Gasteiger partial charge is 0.379 e. The molecule has 3 atom stereocenters. The first-order chi connectivity index (χ1) is 16.1. The lowest BCUT2D eigenvalue weighted by molar-refractivity contribution is -0.0918. The molecule has 0 aliphatic heterocycles. The average molecular weight is 473 g/mol. The molecule has 0 fully saturated rings. The molecule has 0 N–H and O–H groups in total. The third-order valence-corrected chi connectivity index (χ3v) is 6.07. The fourth-order valence-corrected chi connectivity index (χ4v) is 4.00. The lowest BCUT2D eigenvalue weighted by atomic mass is 10.1. The van der Waals surface area contributed by atoms with Crippen molar-refractivity contribution in [1.29, 1.82) is 0 Å². The molecule has 0 radical (unpaired) electrons. The molecular formula is C29H60O4. The molecule has 0 aliphatic rings. The summed E-state index contributed by atoms with van der Waals surface area (Å²) in [4.78, 5) is 0. The van der Waals surface area contributed by atoms with E-state index < -0.39 is 0 Å². The summed E-state index contributed by atoms with van der Waals surface area (Å²) in [5.74, 6) is 0. The highest BCUT2D eigenvalue weighted by molar-refractivity contribution is 4.57. The second-order valence-electron chi connectivity index (χ2n) is 10.0. The first kappa shape index (κ1) is 32.8. The van der Waals surface area contributed by atoms with Gasteiger partial charge in [-0.1, -0.05) is 104 Å². The van der Waals surface area contributed by atoms with Crippen LogP contribution in [0.4, 0.5) is 0 Å². The normalized spacial score (nSPS) is 14.5. The lowest BCUT2D eigenvalue weighted by Gasteiger charge is -2.21. The molecule has 0 bridgehead atoms. The van der Waals surface area contributed by atoms with Gasteiger partial charge in [0.05, 0.1) is 38.1 Å². The van der Waals surface area contributed by atoms with E-state index in [0.29, 0.717) is 19.8 Å². The molecule has 200 valence electrons. The average Bonchev–Trinajstić information content (AvgIpc) is 2.80. The van der Waals surface area contributed by atoms with Crippen LogP contribution in [0.25, 0.3) is 0 Å². The zero-order chi connectivity index (χ0) is 24.4. The maximum atomic E-state index is 6.00. The molecule has 0 saturated heterocycles. The number of rotatable bonds is 27. The molecule has 4 nitrogen and oxygen atoms in total. The Labute approximate surface area is 207 Å². The Morgan fingerprint density at radius 1 is 0.424 bits per heavy atom. The van der Waals surface area contributed by atoms with Gasteiger partial charge in [0, 0.05) is 13.2 Å². The zero-order valence-electron chi connectivity index (χ0n) is 23.2. The van der Waals surface area contributed by atoms with Crippen LogP contribution in [0.3, 0.4) is 0 Å². The summed E-state index contributed by atoms with van der Waals surface area (Å²) < 4.78 is 23.5. The maximum Gasteiger partial charge on any atom is 0.0785 e. The molecule has 0 saturated carbocycles. The van der Waals surface area contributed by atoms with Gasteiger partial charge in [-0.3, -0.25) is 0 Å². The summed E-state index contributed by atoms with van der Waals surface area (Å²) in [5, 5.41) is 0. The summed E-state index contributed by atoms with van der Waals surface area (Å²) in [6, 6.07) is 0. The molecule has 33 heavy (non-hydrogen) atoms. The molecule has 0 aromatic rings. The molecular weight excluding hydrogens is 412 g/mol. The van der Waals surface area contributed by atoms with Gasteiger partial charge in [0.15, 0.2) is 0 Å². The van der Waals surface area contributed by atoms with Gasteiger partial charge < -0.3 is 18.9 Å². The number of ether oxygens (including phenoxy) is 4. The van der Waals surface area contributed by atoms with Crippen LogP contribution in [-0.2, 0) is 18.9 Å². The number of unbranched alkanes of at least 4 members (excludes halogenated alkanes) is 14. The Bertz CT molecular complexity index is 364. The summed E-state index contributed by atoms with van der Waals surface area (Å²) >= 11 is 0. The maximum absolute atomic E-state index is 6.00. The second kappa shape index (κ2) is 26.4. The van der Waals surface area contributed by atoms with Crippen molar-refractivity contribution in [2.45, 2.75) is 156 Å². The highest BCUT2D eigenvalue weighted by Gasteiger charge is 2.11. The Morgan fingerprint density at radius 3 is 1.24 bits per heavy atom. The van der Waals surface area contributed by atoms with E-state index in [1.165, 1.54) is 89.9 Å². The molecule has 0 heterocycles. The van der Waals surface area contributed by atoms with E-state index in [4.69, 9.17) is 18.9 Å². The van der Waals surface area contributed by atoms with Gasteiger partial charge in [0.25, 0.3) is 0 Å². The first-order valence-electron chi connectivity index (χ1n) is 14.5. The van der Waals surface area contributed by atoms with Crippen LogP contribution in [0.5, 0.6) is 0 Å². The Balaban J connectivity index is 3.43. The van der Waals surface area contributed by atoms with Crippen molar-refractivity contribution in [1.82, 2.24) is 0 Å². The Hall–Kier alpha value is -0.160. The second-order valence-corrected chi connectivity index (χ2v) is 10.0. The summed E-state index contributed by atoms with van der Waals surface area (Å²) in [5.41, 5.74) is 0. The quantitative estimate of drug-likeness (QED) is 0.112. The fraction of sp³-hybridized carbons (Fsp3) is 1.00. The number of hydrogen-bond donors (Lipinski definition) is 0. The van der Waals surface area contributed by atoms with E-state index in [1.54, 1.807) is 0 Å². The minimum atomic E-state index is 0.0712. The monoisotopic (exact) mass is 472 g/mol. The van der Waals surface area contributed by atoms with Crippen LogP contribution in [0.1, 0.15) is 137 Å². The van der Waals surface area contributed by atoms with Gasteiger partial charge in [-0.25, -0.2) is 0 Å². The van der Waals surface area contributed by atoms with Gasteiger partial charge in [0.1, 0.15) is 0 Å². The third-order valence-electron chi connectivity index (χ3n) is 6.07. The molecule has 0 rings (SSSR count). The van der Waals surface area contributed by atoms with Gasteiger partial charge in [-0.05, 0) is 33.6 Å². The minimum absolute atomic E-state index is 0.0712. The molecule has 0 amide bonds. The van der Waals surface area contributed by atoms with E-state index in [-0.39, 0.29) is 18.3 Å². The Kier molecular flexibility index (Phi) is 26.3. The van der Waals surface area contributed by atoms with E-state index in [2.05, 4.69) is 34.6 Å². The summed E-state index contributed by atoms with van der Waals surface area (Å²) in [7, 11) is 0. The van der Waals surface area contributed by atoms with Crippen LogP contribution in [0.15, 0.2) is 0 Å². The van der Waals surface area contributed by atoms with Gasteiger partial charge >= 0.3 is 0 Å². The highest BCUT2D eigenvalue weighted by atomic mass is 16.6. The predicted octanol–water partition coefficient (Wildman–Crippen LogP) is 8.50. The van der Waals surface area contributed by atoms with Crippen LogP contribution < -0.4 is 0 Å². The van der Waals surface area contributed by atoms with Gasteiger partial charge in [0.2, 0.25) is 0 Å². The third kappa shape index (κ3) is 26.3. The zero-order valence-corrected chi connectivity index (χ0v) is 23.2. The van der Waals surface area contributed by atoms with Crippen molar-refractivity contribution in [3.63, 3.8) is 0 Å². The molecule has 0 spiro atoms. The molecule has 0 aromatic carbocycles. The van der Waals surface area contributed by atoms with Crippen molar-refractivity contribution >= 4 is 0 Å². The van der Waals surface area contributed by atoms with E-state index in [9.17, 15) is 0 Å². The standard InChI is InChI=1S/C29H60O4/c1-6-8-10-12-14-16-18-20-22-30-24-27(3)32-26-29(5)33-28(4)25-31-23-21-19-17-15-13-11-9-7-2/h27-29H,6-26H2,1-5H3. The van der Waals surface area contributed by atoms with Crippen LogP contribution in [0, 0.1) is 0 Å². The highest BCUT2D eigenvalue weighted by Crippen LogP contribution is 2.10. The number of hydrogen-bond acceptors (Lipinski definition) is 4. The molecule has 3 unspecified atom stereocenters. The molecule has 4 heteroatoms. The van der Waals surface area contributed by atoms with Crippen LogP contribution in [-0.4, -0.2) is 51.3 Å². The summed E-state index contributed by atoms with van der Waals surface area (Å²) in [6.45, 7) is 14.4. The topological polar surface area (TPSA) is 36.9 Å². The molecule has 0 aromatic heterocycles. The van der Waals surface area contributed by atoms with Crippen LogP contribution >= 0.6 is 0 Å². The van der Waals surface area contributed by atoms with Gasteiger partial charge in [-0.15, -0.1) is 0 Å². The van der Waals surface area contributed by atoms with Crippen molar-refractivity contribution in [3.8, 4) is 0 Å². The van der Waals surface area contributed by atoms with E-state index >= 15 is 0 Å². The first-order valence-corrected chi connectivity index (χ1v) is 14.5. The SMILES string of the molecule is CCCCCCCCCCOCC(C)OCC(C)OC(C)COCCCCCCCCCC. The van der Waals surface area contributed by atoms with Crippen molar-refractivity contribution < 1.29 is 18.9 Å². The van der Waals surface area contributed by atoms with Crippen molar-refractivity contribution in [2.75, 3.05) is 33.0 Å². The van der Waals surface area contributed by atoms with Crippen molar-refractivity contribution in [3.05, 3.63) is 0 Å². The minimum Gasteiger partial charge on any atom is -0.379 e. The lowest BCUT2D eigenvalue weighted by Crippen LogP contribution is -2.28. The predicted molar refractivity (Wildman–Crippen MR) is 142 cm³/mol. The fourth-order valence-electron chi connectivity index (χ4n) is 4.00. The molecule has 0 aliphatic carbocycles. The van der Waals surface area contributed by atoms with E-state index in [0.717, 1.165) is 26.1 Å². The van der Waals surface area contributed by atoms with Gasteiger partial charge in [-0.2, -0.15) is 0 Å². The summed E-state index contributed by atoms with van der Waals surface area (Å²) in [6.07, 6.45) is 21.6. The van der Waals surface area contributed by atoms with Crippen molar-refractivity contribution in [2.24, 2.45) is 0 Å². The smallest absolute Gasteiger partial charge is 0.0785 e. The van der Waals surface area contributed by atoms with E-state index in [1.807, 2.05) is 0 Å². The van der Waals surface area contributed by atoms with Crippen LogP contribution in [0.2, 0.25) is 0 Å². The Morgan fingerprint density at radius 2 is 0.788 bits per heavy atom.